The van der Waals surface area contributed by atoms with E-state index in [1.807, 2.05) is 6.07 Å². The Kier molecular flexibility index (Phi) is 3.11. The molecule has 1 aromatic carbocycles. The Hall–Kier alpha value is -1.02. The van der Waals surface area contributed by atoms with E-state index in [0.717, 1.165) is 12.3 Å². The summed E-state index contributed by atoms with van der Waals surface area (Å²) in [6.45, 7) is 5.65. The molecule has 0 fully saturated rings. The molecule has 0 amide bonds. The molecule has 0 heterocycles. The van der Waals surface area contributed by atoms with E-state index in [-0.39, 0.29) is 0 Å². The van der Waals surface area contributed by atoms with Gasteiger partial charge in [-0.25, -0.2) is 0 Å². The molecule has 12 heavy (non-hydrogen) atoms. The molecule has 66 valence electrons. The Bertz CT molecular complexity index is 258. The first-order valence-electron chi connectivity index (χ1n) is 4.23. The summed E-state index contributed by atoms with van der Waals surface area (Å²) in [5.74, 6) is 0.976. The monoisotopic (exact) mass is 166 g/mol. The van der Waals surface area contributed by atoms with Gasteiger partial charge in [0.15, 0.2) is 0 Å². The van der Waals surface area contributed by atoms with E-state index in [2.05, 4.69) is 31.7 Å². The van der Waals surface area contributed by atoms with Crippen LogP contribution in [0.3, 0.4) is 0 Å². The fourth-order valence-corrected chi connectivity index (χ4v) is 1.14. The predicted octanol–water partition coefficient (Wildman–Crippen LogP) is 0.924. The minimum Gasteiger partial charge on any atom is -0.487 e. The van der Waals surface area contributed by atoms with Crippen molar-refractivity contribution in [1.29, 1.82) is 0 Å². The predicted molar refractivity (Wildman–Crippen MR) is 49.2 cm³/mol. The van der Waals surface area contributed by atoms with Crippen LogP contribution in [0.25, 0.3) is 0 Å². The summed E-state index contributed by atoms with van der Waals surface area (Å²) in [5, 5.41) is 0. The second kappa shape index (κ2) is 4.12. The van der Waals surface area contributed by atoms with Crippen LogP contribution in [-0.2, 0) is 0 Å². The van der Waals surface area contributed by atoms with E-state index < -0.39 is 0 Å². The van der Waals surface area contributed by atoms with Gasteiger partial charge in [0.05, 0.1) is 0 Å². The molecule has 0 aromatic heterocycles. The highest BCUT2D eigenvalue weighted by molar-refractivity contribution is 5.35. The van der Waals surface area contributed by atoms with Crippen LogP contribution in [0.4, 0.5) is 0 Å². The van der Waals surface area contributed by atoms with Crippen LogP contribution in [0.1, 0.15) is 11.1 Å². The van der Waals surface area contributed by atoms with Gasteiger partial charge in [0.25, 0.3) is 0 Å². The van der Waals surface area contributed by atoms with Gasteiger partial charge in [0, 0.05) is 0 Å². The van der Waals surface area contributed by atoms with Crippen molar-refractivity contribution in [2.75, 3.05) is 13.2 Å². The Morgan fingerprint density at radius 3 is 2.67 bits per heavy atom. The Balaban J connectivity index is 2.72. The zero-order chi connectivity index (χ0) is 8.97. The van der Waals surface area contributed by atoms with E-state index in [1.165, 1.54) is 11.1 Å². The van der Waals surface area contributed by atoms with Gasteiger partial charge in [-0.3, -0.25) is 0 Å². The second-order valence-corrected chi connectivity index (χ2v) is 2.97. The van der Waals surface area contributed by atoms with Gasteiger partial charge < -0.3 is 10.5 Å². The number of hydrogen-bond donors (Lipinski definition) is 1. The maximum atomic E-state index is 5.48. The van der Waals surface area contributed by atoms with Gasteiger partial charge in [-0.05, 0) is 25.5 Å². The summed E-state index contributed by atoms with van der Waals surface area (Å²) in [7, 11) is 0. The smallest absolute Gasteiger partial charge is 0.137 e. The van der Waals surface area contributed by atoms with Crippen LogP contribution < -0.4 is 10.5 Å². The molecule has 2 nitrogen and oxygen atoms in total. The number of ether oxygens (including phenoxy) is 1. The van der Waals surface area contributed by atoms with Gasteiger partial charge in [-0.1, -0.05) is 17.7 Å². The molecule has 0 radical (unpaired) electrons. The normalized spacial score (nSPS) is 9.92. The highest BCUT2D eigenvalue weighted by Crippen LogP contribution is 2.18. The average Bonchev–Trinajstić information content (AvgIpc) is 2.03. The fraction of sp³-hybridized carbons (Fsp3) is 0.400. The lowest BCUT2D eigenvalue weighted by Gasteiger charge is -2.07. The summed E-state index contributed by atoms with van der Waals surface area (Å²) in [6.07, 6.45) is 0. The van der Waals surface area contributed by atoms with Crippen molar-refractivity contribution >= 4 is 0 Å². The highest BCUT2D eigenvalue weighted by Gasteiger charge is 1.97. The van der Waals surface area contributed by atoms with Crippen molar-refractivity contribution in [3.05, 3.63) is 29.3 Å². The lowest BCUT2D eigenvalue weighted by atomic mass is 10.1. The van der Waals surface area contributed by atoms with Crippen LogP contribution in [0, 0.1) is 13.8 Å². The Morgan fingerprint density at radius 1 is 1.33 bits per heavy atom. The third-order valence-corrected chi connectivity index (χ3v) is 1.73. The quantitative estimate of drug-likeness (QED) is 0.712. The molecule has 0 saturated heterocycles. The standard InChI is InChI=1S/C10H15NO/c1-8-3-4-10(9(2)7-8)12-6-5-11/h3-4,7H,5-6,11H2,1-2H3/p+1. The van der Waals surface area contributed by atoms with Crippen molar-refractivity contribution in [3.63, 3.8) is 0 Å². The number of aryl methyl sites for hydroxylation is 2. The zero-order valence-electron chi connectivity index (χ0n) is 7.76. The van der Waals surface area contributed by atoms with Crippen LogP contribution in [0.2, 0.25) is 0 Å². The van der Waals surface area contributed by atoms with Gasteiger partial charge in [0.2, 0.25) is 0 Å². The number of benzene rings is 1. The molecule has 0 spiro atoms. The molecule has 0 unspecified atom stereocenters. The average molecular weight is 166 g/mol. The van der Waals surface area contributed by atoms with Crippen molar-refractivity contribution in [1.82, 2.24) is 0 Å². The summed E-state index contributed by atoms with van der Waals surface area (Å²) < 4.78 is 5.48. The largest absolute Gasteiger partial charge is 0.487 e. The molecular formula is C10H16NO+. The topological polar surface area (TPSA) is 36.9 Å². The number of rotatable bonds is 3. The van der Waals surface area contributed by atoms with E-state index in [0.29, 0.717) is 6.61 Å². The Labute approximate surface area is 73.3 Å². The molecule has 0 bridgehead atoms. The summed E-state index contributed by atoms with van der Waals surface area (Å²) in [6, 6.07) is 6.20. The molecule has 1 aromatic rings. The van der Waals surface area contributed by atoms with E-state index in [9.17, 15) is 0 Å². The fourth-order valence-electron chi connectivity index (χ4n) is 1.14. The SMILES string of the molecule is Cc1ccc(OCC[NH3+])c(C)c1. The third-order valence-electron chi connectivity index (χ3n) is 1.73. The summed E-state index contributed by atoms with van der Waals surface area (Å²) >= 11 is 0. The minimum absolute atomic E-state index is 0.698. The maximum Gasteiger partial charge on any atom is 0.137 e. The van der Waals surface area contributed by atoms with E-state index in [4.69, 9.17) is 4.74 Å². The van der Waals surface area contributed by atoms with Crippen LogP contribution in [-0.4, -0.2) is 13.2 Å². The van der Waals surface area contributed by atoms with Crippen LogP contribution >= 0.6 is 0 Å². The molecular weight excluding hydrogens is 150 g/mol. The minimum atomic E-state index is 0.698. The zero-order valence-corrected chi connectivity index (χ0v) is 7.76. The van der Waals surface area contributed by atoms with Crippen molar-refractivity contribution in [2.24, 2.45) is 0 Å². The third kappa shape index (κ3) is 2.24. The molecule has 2 heteroatoms. The molecule has 3 N–H and O–H groups in total. The first kappa shape index (κ1) is 9.07. The highest BCUT2D eigenvalue weighted by atomic mass is 16.5. The second-order valence-electron chi connectivity index (χ2n) is 2.97. The lowest BCUT2D eigenvalue weighted by molar-refractivity contribution is -0.370. The Morgan fingerprint density at radius 2 is 2.08 bits per heavy atom. The molecule has 0 aliphatic rings. The number of quaternary nitrogens is 1. The maximum absolute atomic E-state index is 5.48. The van der Waals surface area contributed by atoms with Crippen molar-refractivity contribution < 1.29 is 10.5 Å². The van der Waals surface area contributed by atoms with Crippen LogP contribution in [0.5, 0.6) is 5.75 Å². The van der Waals surface area contributed by atoms with Crippen molar-refractivity contribution in [3.8, 4) is 5.75 Å². The van der Waals surface area contributed by atoms with E-state index >= 15 is 0 Å². The van der Waals surface area contributed by atoms with Gasteiger partial charge in [-0.15, -0.1) is 0 Å². The van der Waals surface area contributed by atoms with Crippen LogP contribution in [0.15, 0.2) is 18.2 Å². The number of hydrogen-bond acceptors (Lipinski definition) is 1. The van der Waals surface area contributed by atoms with Gasteiger partial charge in [0.1, 0.15) is 18.9 Å². The van der Waals surface area contributed by atoms with Crippen molar-refractivity contribution in [2.45, 2.75) is 13.8 Å². The molecule has 0 saturated carbocycles. The molecule has 1 rings (SSSR count). The van der Waals surface area contributed by atoms with E-state index in [1.54, 1.807) is 0 Å². The molecule has 0 aliphatic heterocycles. The lowest BCUT2D eigenvalue weighted by Crippen LogP contribution is -2.52. The van der Waals surface area contributed by atoms with Gasteiger partial charge >= 0.3 is 0 Å². The first-order valence-corrected chi connectivity index (χ1v) is 4.23. The molecule has 0 atom stereocenters. The van der Waals surface area contributed by atoms with Gasteiger partial charge in [-0.2, -0.15) is 0 Å². The molecule has 0 aliphatic carbocycles. The first-order chi connectivity index (χ1) is 5.74. The summed E-state index contributed by atoms with van der Waals surface area (Å²) in [4.78, 5) is 0. The summed E-state index contributed by atoms with van der Waals surface area (Å²) in [5.41, 5.74) is 6.19.